The van der Waals surface area contributed by atoms with Crippen LogP contribution in [0.2, 0.25) is 0 Å². The standard InChI is InChI=1S/CH5N3.H3O3P.Zn/c2-1(3)4;1-4(2)3;/h(H5,2,3,4);1-3H;. The molecule has 52 valence electrons. The van der Waals surface area contributed by atoms with Crippen molar-refractivity contribution in [3.05, 3.63) is 0 Å². The third kappa shape index (κ3) is 7630. The van der Waals surface area contributed by atoms with Gasteiger partial charge in [-0.3, -0.25) is 5.41 Å². The fraction of sp³-hybridized carbons (Fsp3) is 0. The van der Waals surface area contributed by atoms with Gasteiger partial charge < -0.3 is 26.1 Å². The zero-order chi connectivity index (χ0) is 7.15. The molecule has 8 heteroatoms. The maximum absolute atomic E-state index is 7.23. The first-order valence-electron chi connectivity index (χ1n) is 1.43. The van der Waals surface area contributed by atoms with Crippen LogP contribution in [0.3, 0.4) is 0 Å². The maximum atomic E-state index is 7.23. The SMILES string of the molecule is N=C(N)N.OP(O)O.[Zn]. The van der Waals surface area contributed by atoms with Crippen LogP contribution in [0.4, 0.5) is 0 Å². The third-order valence-corrected chi connectivity index (χ3v) is 0. The first-order valence-corrected chi connectivity index (χ1v) is 2.63. The van der Waals surface area contributed by atoms with E-state index in [9.17, 15) is 0 Å². The molecular weight excluding hydrogens is 198 g/mol. The van der Waals surface area contributed by atoms with Gasteiger partial charge in [-0.25, -0.2) is 0 Å². The number of guanidine groups is 1. The summed E-state index contributed by atoms with van der Waals surface area (Å²) < 4.78 is 0. The van der Waals surface area contributed by atoms with Crippen molar-refractivity contribution in [3.63, 3.8) is 0 Å². The topological polar surface area (TPSA) is 137 Å². The molecule has 0 bridgehead atoms. The van der Waals surface area contributed by atoms with Gasteiger partial charge in [0.15, 0.2) is 5.96 Å². The van der Waals surface area contributed by atoms with E-state index in [0.29, 0.717) is 0 Å². The van der Waals surface area contributed by atoms with Crippen molar-refractivity contribution in [3.8, 4) is 0 Å². The van der Waals surface area contributed by atoms with Gasteiger partial charge in [0.2, 0.25) is 0 Å². The fourth-order valence-corrected chi connectivity index (χ4v) is 0. The van der Waals surface area contributed by atoms with E-state index in [4.69, 9.17) is 20.1 Å². The summed E-state index contributed by atoms with van der Waals surface area (Å²) in [6, 6.07) is 0. The van der Waals surface area contributed by atoms with Crippen molar-refractivity contribution in [2.45, 2.75) is 0 Å². The van der Waals surface area contributed by atoms with Crippen LogP contribution in [-0.4, -0.2) is 20.6 Å². The first kappa shape index (κ1) is 16.1. The van der Waals surface area contributed by atoms with Crippen LogP contribution in [-0.2, 0) is 19.5 Å². The summed E-state index contributed by atoms with van der Waals surface area (Å²) >= 11 is 0. The minimum atomic E-state index is -2.62. The number of hydrogen-bond donors (Lipinski definition) is 6. The smallest absolute Gasteiger partial charge is 0.324 e. The average Bonchev–Trinajstić information content (AvgIpc) is 1.25. The van der Waals surface area contributed by atoms with Gasteiger partial charge in [0.1, 0.15) is 0 Å². The minimum absolute atomic E-state index is 0. The zero-order valence-corrected chi connectivity index (χ0v) is 8.51. The molecule has 0 aromatic heterocycles. The predicted molar refractivity (Wildman–Crippen MR) is 29.7 cm³/mol. The van der Waals surface area contributed by atoms with Gasteiger partial charge in [-0.1, -0.05) is 0 Å². The van der Waals surface area contributed by atoms with E-state index in [1.165, 1.54) is 0 Å². The van der Waals surface area contributed by atoms with E-state index in [0.717, 1.165) is 0 Å². The Kier molecular flexibility index (Phi) is 19.8. The molecule has 0 saturated carbocycles. The zero-order valence-electron chi connectivity index (χ0n) is 4.65. The van der Waals surface area contributed by atoms with Crippen LogP contribution in [0.15, 0.2) is 0 Å². The van der Waals surface area contributed by atoms with Crippen molar-refractivity contribution in [2.24, 2.45) is 11.5 Å². The molecular formula is CH8N3O3PZn. The first-order chi connectivity index (χ1) is 3.46. The molecule has 6 nitrogen and oxygen atoms in total. The Labute approximate surface area is 66.1 Å². The Morgan fingerprint density at radius 3 is 1.22 bits per heavy atom. The molecule has 0 fully saturated rings. The Hall–Kier alpha value is 0.203. The summed E-state index contributed by atoms with van der Waals surface area (Å²) in [4.78, 5) is 21.7. The van der Waals surface area contributed by atoms with E-state index in [2.05, 4.69) is 11.5 Å². The Morgan fingerprint density at radius 2 is 1.22 bits per heavy atom. The van der Waals surface area contributed by atoms with E-state index in [1.807, 2.05) is 0 Å². The van der Waals surface area contributed by atoms with Crippen LogP contribution in [0.25, 0.3) is 0 Å². The third-order valence-electron chi connectivity index (χ3n) is 0. The van der Waals surface area contributed by atoms with Gasteiger partial charge in [-0.05, 0) is 0 Å². The molecule has 0 atom stereocenters. The summed E-state index contributed by atoms with van der Waals surface area (Å²) in [5.41, 5.74) is 8.94. The predicted octanol–water partition coefficient (Wildman–Crippen LogP) is -1.97. The molecule has 0 rings (SSSR count). The molecule has 0 aromatic carbocycles. The Morgan fingerprint density at radius 1 is 1.22 bits per heavy atom. The second-order valence-electron chi connectivity index (χ2n) is 0.724. The molecule has 0 amide bonds. The number of nitrogens with two attached hydrogens (primary N) is 2. The summed E-state index contributed by atoms with van der Waals surface area (Å²) in [7, 11) is -2.62. The molecule has 0 aliphatic rings. The van der Waals surface area contributed by atoms with Crippen molar-refractivity contribution in [1.29, 1.82) is 5.41 Å². The maximum Gasteiger partial charge on any atom is 0.324 e. The van der Waals surface area contributed by atoms with Gasteiger partial charge in [0.05, 0.1) is 0 Å². The summed E-state index contributed by atoms with van der Waals surface area (Å²) in [6.07, 6.45) is 0. The Balaban J connectivity index is -0.0000000720. The minimum Gasteiger partial charge on any atom is -0.370 e. The molecule has 0 aromatic rings. The van der Waals surface area contributed by atoms with Gasteiger partial charge in [-0.15, -0.1) is 0 Å². The molecule has 0 heterocycles. The molecule has 0 saturated heterocycles. The molecule has 0 aliphatic heterocycles. The van der Waals surface area contributed by atoms with Crippen LogP contribution in [0.5, 0.6) is 0 Å². The molecule has 9 heavy (non-hydrogen) atoms. The number of rotatable bonds is 0. The van der Waals surface area contributed by atoms with Crippen molar-refractivity contribution < 1.29 is 34.2 Å². The second-order valence-corrected chi connectivity index (χ2v) is 1.26. The van der Waals surface area contributed by atoms with Crippen LogP contribution < -0.4 is 11.5 Å². The summed E-state index contributed by atoms with van der Waals surface area (Å²) in [5.74, 6) is -0.333. The van der Waals surface area contributed by atoms with Crippen molar-refractivity contribution >= 4 is 14.6 Å². The molecule has 8 N–H and O–H groups in total. The molecule has 0 aliphatic carbocycles. The number of hydrogen-bond acceptors (Lipinski definition) is 4. The van der Waals surface area contributed by atoms with Crippen molar-refractivity contribution in [2.75, 3.05) is 0 Å². The van der Waals surface area contributed by atoms with Crippen LogP contribution in [0, 0.1) is 5.41 Å². The van der Waals surface area contributed by atoms with Gasteiger partial charge >= 0.3 is 8.60 Å². The molecule has 0 radical (unpaired) electrons. The van der Waals surface area contributed by atoms with E-state index in [-0.39, 0.29) is 25.4 Å². The van der Waals surface area contributed by atoms with Gasteiger partial charge in [-0.2, -0.15) is 0 Å². The fourth-order valence-electron chi connectivity index (χ4n) is 0. The Bertz CT molecular complexity index is 63.3. The molecule has 0 unspecified atom stereocenters. The largest absolute Gasteiger partial charge is 0.370 e. The summed E-state index contributed by atoms with van der Waals surface area (Å²) in [6.45, 7) is 0. The average molecular weight is 206 g/mol. The van der Waals surface area contributed by atoms with E-state index < -0.39 is 8.60 Å². The molecule has 0 spiro atoms. The van der Waals surface area contributed by atoms with Crippen LogP contribution in [0.1, 0.15) is 0 Å². The monoisotopic (exact) mass is 205 g/mol. The van der Waals surface area contributed by atoms with E-state index in [1.54, 1.807) is 0 Å². The normalized spacial score (nSPS) is 6.67. The van der Waals surface area contributed by atoms with Gasteiger partial charge in [0, 0.05) is 19.5 Å². The van der Waals surface area contributed by atoms with Crippen LogP contribution >= 0.6 is 8.60 Å². The summed E-state index contributed by atoms with van der Waals surface area (Å²) in [5, 5.41) is 6.06. The van der Waals surface area contributed by atoms with Gasteiger partial charge in [0.25, 0.3) is 0 Å². The quantitative estimate of drug-likeness (QED) is 0.118. The number of nitrogens with one attached hydrogen (secondary N) is 1. The van der Waals surface area contributed by atoms with E-state index >= 15 is 0 Å². The second kappa shape index (κ2) is 11.1. The van der Waals surface area contributed by atoms with Crippen molar-refractivity contribution in [1.82, 2.24) is 0 Å².